The lowest BCUT2D eigenvalue weighted by Gasteiger charge is -2.24. The van der Waals surface area contributed by atoms with Crippen molar-refractivity contribution in [3.63, 3.8) is 0 Å². The average molecular weight is 238 g/mol. The fourth-order valence-electron chi connectivity index (χ4n) is 1.74. The van der Waals surface area contributed by atoms with Crippen molar-refractivity contribution in [2.75, 3.05) is 32.7 Å². The third kappa shape index (κ3) is 4.24. The van der Waals surface area contributed by atoms with Crippen molar-refractivity contribution >= 4 is 5.69 Å². The van der Waals surface area contributed by atoms with Crippen molar-refractivity contribution in [1.29, 1.82) is 0 Å². The smallest absolute Gasteiger partial charge is 0.120 e. The summed E-state index contributed by atoms with van der Waals surface area (Å²) < 4.78 is 10.3. The molecule has 0 aromatic heterocycles. The summed E-state index contributed by atoms with van der Waals surface area (Å²) >= 11 is 0. The lowest BCUT2D eigenvalue weighted by atomic mass is 10.0. The predicted molar refractivity (Wildman–Crippen MR) is 70.5 cm³/mol. The Bertz CT molecular complexity index is 331. The Kier molecular flexibility index (Phi) is 5.80. The maximum Gasteiger partial charge on any atom is 0.120 e. The van der Waals surface area contributed by atoms with Crippen molar-refractivity contribution in [1.82, 2.24) is 0 Å². The largest absolute Gasteiger partial charge is 0.497 e. The summed E-state index contributed by atoms with van der Waals surface area (Å²) in [5.41, 5.74) is 6.79. The van der Waals surface area contributed by atoms with Gasteiger partial charge in [0, 0.05) is 37.4 Å². The lowest BCUT2D eigenvalue weighted by molar-refractivity contribution is 0.151. The van der Waals surface area contributed by atoms with Gasteiger partial charge in [-0.2, -0.15) is 0 Å². The summed E-state index contributed by atoms with van der Waals surface area (Å²) in [4.78, 5) is 0. The molecule has 4 nitrogen and oxygen atoms in total. The Labute approximate surface area is 103 Å². The number of hydrogen-bond acceptors (Lipinski definition) is 4. The fraction of sp³-hybridized carbons (Fsp3) is 0.538. The first-order valence-corrected chi connectivity index (χ1v) is 5.80. The predicted octanol–water partition coefficient (Wildman–Crippen LogP) is 1.72. The normalized spacial score (nSPS) is 14.1. The summed E-state index contributed by atoms with van der Waals surface area (Å²) in [7, 11) is 3.36. The molecule has 0 aliphatic heterocycles. The SMILES string of the molecule is COCC(C)C(CN)Nc1cccc(OC)c1. The summed E-state index contributed by atoms with van der Waals surface area (Å²) in [6.07, 6.45) is 0. The number of benzene rings is 1. The van der Waals surface area contributed by atoms with Gasteiger partial charge in [0.15, 0.2) is 0 Å². The second-order valence-corrected chi connectivity index (χ2v) is 4.15. The van der Waals surface area contributed by atoms with E-state index in [0.717, 1.165) is 11.4 Å². The molecule has 0 saturated carbocycles. The lowest BCUT2D eigenvalue weighted by Crippen LogP contribution is -2.37. The van der Waals surface area contributed by atoms with E-state index in [1.807, 2.05) is 24.3 Å². The van der Waals surface area contributed by atoms with E-state index in [2.05, 4.69) is 12.2 Å². The third-order valence-electron chi connectivity index (χ3n) is 2.79. The van der Waals surface area contributed by atoms with Crippen LogP contribution in [0, 0.1) is 5.92 Å². The van der Waals surface area contributed by atoms with Crippen LogP contribution in [-0.4, -0.2) is 33.4 Å². The average Bonchev–Trinajstić information content (AvgIpc) is 2.36. The van der Waals surface area contributed by atoms with Crippen LogP contribution in [-0.2, 0) is 4.74 Å². The molecule has 1 rings (SSSR count). The Morgan fingerprint density at radius 1 is 1.35 bits per heavy atom. The second kappa shape index (κ2) is 7.14. The van der Waals surface area contributed by atoms with Crippen LogP contribution in [0.25, 0.3) is 0 Å². The van der Waals surface area contributed by atoms with Crippen LogP contribution in [0.15, 0.2) is 24.3 Å². The van der Waals surface area contributed by atoms with Crippen molar-refractivity contribution in [3.8, 4) is 5.75 Å². The first kappa shape index (κ1) is 13.8. The van der Waals surface area contributed by atoms with E-state index in [0.29, 0.717) is 19.1 Å². The Morgan fingerprint density at radius 2 is 2.12 bits per heavy atom. The molecule has 3 N–H and O–H groups in total. The molecule has 4 heteroatoms. The molecule has 0 aliphatic rings. The molecular formula is C13H22N2O2. The number of ether oxygens (including phenoxy) is 2. The van der Waals surface area contributed by atoms with Crippen LogP contribution < -0.4 is 15.8 Å². The van der Waals surface area contributed by atoms with Gasteiger partial charge in [0.2, 0.25) is 0 Å². The Hall–Kier alpha value is -1.26. The molecule has 0 amide bonds. The minimum atomic E-state index is 0.196. The van der Waals surface area contributed by atoms with Crippen LogP contribution in [0.4, 0.5) is 5.69 Å². The zero-order chi connectivity index (χ0) is 12.7. The van der Waals surface area contributed by atoms with Crippen LogP contribution in [0.1, 0.15) is 6.92 Å². The number of hydrogen-bond donors (Lipinski definition) is 2. The summed E-state index contributed by atoms with van der Waals surface area (Å²) in [6, 6.07) is 8.03. The number of rotatable bonds is 7. The van der Waals surface area contributed by atoms with Crippen LogP contribution in [0.3, 0.4) is 0 Å². The molecule has 0 radical (unpaired) electrons. The third-order valence-corrected chi connectivity index (χ3v) is 2.79. The zero-order valence-corrected chi connectivity index (χ0v) is 10.8. The summed E-state index contributed by atoms with van der Waals surface area (Å²) in [5.74, 6) is 1.20. The Morgan fingerprint density at radius 3 is 2.71 bits per heavy atom. The van der Waals surface area contributed by atoms with Gasteiger partial charge in [0.25, 0.3) is 0 Å². The van der Waals surface area contributed by atoms with Gasteiger partial charge >= 0.3 is 0 Å². The van der Waals surface area contributed by atoms with Gasteiger partial charge in [-0.25, -0.2) is 0 Å². The van der Waals surface area contributed by atoms with Gasteiger partial charge in [-0.1, -0.05) is 13.0 Å². The molecule has 0 fully saturated rings. The van der Waals surface area contributed by atoms with Crippen LogP contribution >= 0.6 is 0 Å². The molecule has 0 spiro atoms. The quantitative estimate of drug-likeness (QED) is 0.759. The number of methoxy groups -OCH3 is 2. The molecule has 17 heavy (non-hydrogen) atoms. The maximum absolute atomic E-state index is 5.77. The summed E-state index contributed by atoms with van der Waals surface area (Å²) in [6.45, 7) is 3.38. The Balaban J connectivity index is 2.66. The van der Waals surface area contributed by atoms with E-state index in [-0.39, 0.29) is 6.04 Å². The molecule has 0 heterocycles. The molecule has 96 valence electrons. The minimum absolute atomic E-state index is 0.196. The van der Waals surface area contributed by atoms with Crippen LogP contribution in [0.5, 0.6) is 5.75 Å². The molecule has 0 aliphatic carbocycles. The van der Waals surface area contributed by atoms with Gasteiger partial charge in [-0.05, 0) is 12.1 Å². The molecule has 2 unspecified atom stereocenters. The molecule has 1 aromatic rings. The summed E-state index contributed by atoms with van der Waals surface area (Å²) in [5, 5.41) is 3.40. The van der Waals surface area contributed by atoms with Crippen molar-refractivity contribution < 1.29 is 9.47 Å². The van der Waals surface area contributed by atoms with Gasteiger partial charge in [0.05, 0.1) is 13.7 Å². The highest BCUT2D eigenvalue weighted by molar-refractivity contribution is 5.49. The van der Waals surface area contributed by atoms with E-state index in [4.69, 9.17) is 15.2 Å². The van der Waals surface area contributed by atoms with Gasteiger partial charge in [-0.3, -0.25) is 0 Å². The van der Waals surface area contributed by atoms with Gasteiger partial charge in [-0.15, -0.1) is 0 Å². The first-order chi connectivity index (χ1) is 8.21. The monoisotopic (exact) mass is 238 g/mol. The van der Waals surface area contributed by atoms with E-state index < -0.39 is 0 Å². The van der Waals surface area contributed by atoms with Gasteiger partial charge in [0.1, 0.15) is 5.75 Å². The van der Waals surface area contributed by atoms with E-state index >= 15 is 0 Å². The highest BCUT2D eigenvalue weighted by Crippen LogP contribution is 2.19. The van der Waals surface area contributed by atoms with E-state index in [9.17, 15) is 0 Å². The number of anilines is 1. The molecule has 0 saturated heterocycles. The fourth-order valence-corrected chi connectivity index (χ4v) is 1.74. The number of nitrogens with two attached hydrogens (primary N) is 1. The van der Waals surface area contributed by atoms with E-state index in [1.165, 1.54) is 0 Å². The number of nitrogens with one attached hydrogen (secondary N) is 1. The van der Waals surface area contributed by atoms with E-state index in [1.54, 1.807) is 14.2 Å². The molecular weight excluding hydrogens is 216 g/mol. The second-order valence-electron chi connectivity index (χ2n) is 4.15. The minimum Gasteiger partial charge on any atom is -0.497 e. The van der Waals surface area contributed by atoms with Crippen molar-refractivity contribution in [3.05, 3.63) is 24.3 Å². The highest BCUT2D eigenvalue weighted by atomic mass is 16.5. The van der Waals surface area contributed by atoms with Crippen molar-refractivity contribution in [2.24, 2.45) is 11.7 Å². The molecule has 1 aromatic carbocycles. The topological polar surface area (TPSA) is 56.5 Å². The first-order valence-electron chi connectivity index (χ1n) is 5.80. The van der Waals surface area contributed by atoms with Crippen LogP contribution in [0.2, 0.25) is 0 Å². The van der Waals surface area contributed by atoms with Gasteiger partial charge < -0.3 is 20.5 Å². The molecule has 2 atom stereocenters. The molecule has 0 bridgehead atoms. The van der Waals surface area contributed by atoms with Crippen molar-refractivity contribution in [2.45, 2.75) is 13.0 Å². The standard InChI is InChI=1S/C13H22N2O2/c1-10(9-16-2)13(8-14)15-11-5-4-6-12(7-11)17-3/h4-7,10,13,15H,8-9,14H2,1-3H3. The highest BCUT2D eigenvalue weighted by Gasteiger charge is 2.15. The maximum atomic E-state index is 5.77. The zero-order valence-electron chi connectivity index (χ0n) is 10.8.